The van der Waals surface area contributed by atoms with E-state index in [1.54, 1.807) is 6.07 Å². The summed E-state index contributed by atoms with van der Waals surface area (Å²) in [6.45, 7) is 0. The Morgan fingerprint density at radius 3 is 3.00 bits per heavy atom. The summed E-state index contributed by atoms with van der Waals surface area (Å²) in [7, 11) is 1.30. The maximum atomic E-state index is 11.4. The maximum Gasteiger partial charge on any atom is 0.376 e. The van der Waals surface area contributed by atoms with Gasteiger partial charge in [0.05, 0.1) is 17.3 Å². The molecule has 21 heavy (non-hydrogen) atoms. The van der Waals surface area contributed by atoms with Gasteiger partial charge in [0.25, 0.3) is 0 Å². The predicted molar refractivity (Wildman–Crippen MR) is 81.5 cm³/mol. The minimum atomic E-state index is -0.561. The van der Waals surface area contributed by atoms with Crippen molar-refractivity contribution in [3.63, 3.8) is 0 Å². The van der Waals surface area contributed by atoms with Crippen LogP contribution in [-0.4, -0.2) is 28.0 Å². The number of anilines is 1. The van der Waals surface area contributed by atoms with E-state index in [-0.39, 0.29) is 5.82 Å². The van der Waals surface area contributed by atoms with E-state index in [2.05, 4.69) is 19.7 Å². The Morgan fingerprint density at radius 2 is 2.19 bits per heavy atom. The van der Waals surface area contributed by atoms with Crippen molar-refractivity contribution < 1.29 is 9.53 Å². The second-order valence-corrected chi connectivity index (χ2v) is 6.32. The largest absolute Gasteiger partial charge is 0.463 e. The number of nitrogens with two attached hydrogens (primary N) is 1. The third-order valence-electron chi connectivity index (χ3n) is 2.58. The van der Waals surface area contributed by atoms with Crippen LogP contribution in [0, 0.1) is 0 Å². The molecule has 3 rings (SSSR count). The van der Waals surface area contributed by atoms with Gasteiger partial charge in [0, 0.05) is 11.9 Å². The molecule has 0 saturated carbocycles. The quantitative estimate of drug-likeness (QED) is 0.451. The fourth-order valence-corrected chi connectivity index (χ4v) is 3.66. The Bertz CT molecular complexity index is 819. The second kappa shape index (κ2) is 5.66. The molecule has 0 aliphatic heterocycles. The molecule has 3 aromatic rings. The number of esters is 1. The first-order valence-corrected chi connectivity index (χ1v) is 7.54. The highest BCUT2D eigenvalue weighted by Gasteiger charge is 2.12. The Kier molecular flexibility index (Phi) is 3.72. The monoisotopic (exact) mass is 318 g/mol. The fraction of sp³-hybridized carbons (Fsp3) is 0.0769. The summed E-state index contributed by atoms with van der Waals surface area (Å²) < 4.78 is 6.44. The molecule has 0 radical (unpaired) electrons. The van der Waals surface area contributed by atoms with Crippen molar-refractivity contribution in [3.8, 4) is 0 Å². The van der Waals surface area contributed by atoms with Crippen LogP contribution in [0.25, 0.3) is 10.2 Å². The Morgan fingerprint density at radius 1 is 1.33 bits per heavy atom. The highest BCUT2D eigenvalue weighted by molar-refractivity contribution is 8.01. The molecule has 0 aliphatic carbocycles. The van der Waals surface area contributed by atoms with E-state index in [0.717, 1.165) is 14.6 Å². The van der Waals surface area contributed by atoms with Gasteiger partial charge in [-0.25, -0.2) is 19.7 Å². The SMILES string of the molecule is COC(=O)c1nccc(Sc2nc3ccc(N)cc3s2)n1. The molecule has 2 aromatic heterocycles. The zero-order valence-electron chi connectivity index (χ0n) is 10.9. The molecular formula is C13H10N4O2S2. The number of rotatable bonds is 3. The van der Waals surface area contributed by atoms with Crippen molar-refractivity contribution in [1.82, 2.24) is 15.0 Å². The lowest BCUT2D eigenvalue weighted by Gasteiger charge is -1.99. The predicted octanol–water partition coefficient (Wildman–Crippen LogP) is 2.61. The molecule has 2 heterocycles. The average molecular weight is 318 g/mol. The number of hydrogen-bond donors (Lipinski definition) is 1. The number of nitrogens with zero attached hydrogens (tertiary/aromatic N) is 3. The molecule has 2 N–H and O–H groups in total. The minimum Gasteiger partial charge on any atom is -0.463 e. The van der Waals surface area contributed by atoms with Gasteiger partial charge in [-0.3, -0.25) is 0 Å². The number of fused-ring (bicyclic) bond motifs is 1. The molecule has 1 aromatic carbocycles. The van der Waals surface area contributed by atoms with Gasteiger partial charge in [0.15, 0.2) is 4.34 Å². The van der Waals surface area contributed by atoms with Crippen LogP contribution in [0.1, 0.15) is 10.6 Å². The van der Waals surface area contributed by atoms with E-state index in [0.29, 0.717) is 10.7 Å². The third-order valence-corrected chi connectivity index (χ3v) is 4.60. The average Bonchev–Trinajstić information content (AvgIpc) is 2.88. The normalized spacial score (nSPS) is 10.7. The first kappa shape index (κ1) is 13.8. The molecule has 0 fully saturated rings. The smallest absolute Gasteiger partial charge is 0.376 e. The van der Waals surface area contributed by atoms with E-state index in [9.17, 15) is 4.79 Å². The molecule has 0 saturated heterocycles. The number of carbonyl (C=O) groups is 1. The molecule has 0 bridgehead atoms. The van der Waals surface area contributed by atoms with Crippen LogP contribution in [0.3, 0.4) is 0 Å². The summed E-state index contributed by atoms with van der Waals surface area (Å²) in [6.07, 6.45) is 1.52. The highest BCUT2D eigenvalue weighted by atomic mass is 32.2. The van der Waals surface area contributed by atoms with Crippen molar-refractivity contribution in [1.29, 1.82) is 0 Å². The molecule has 8 heteroatoms. The molecule has 0 amide bonds. The van der Waals surface area contributed by atoms with E-state index in [1.165, 1.54) is 36.4 Å². The van der Waals surface area contributed by atoms with Gasteiger partial charge in [-0.1, -0.05) is 0 Å². The lowest BCUT2D eigenvalue weighted by Crippen LogP contribution is -2.07. The standard InChI is InChI=1S/C13H10N4O2S2/c1-19-12(18)11-15-5-4-10(17-11)21-13-16-8-3-2-7(14)6-9(8)20-13/h2-6H,14H2,1H3. The van der Waals surface area contributed by atoms with Crippen LogP contribution in [0.5, 0.6) is 0 Å². The fourth-order valence-electron chi connectivity index (χ4n) is 1.64. The van der Waals surface area contributed by atoms with Crippen molar-refractivity contribution >= 4 is 45.0 Å². The molecule has 0 spiro atoms. The van der Waals surface area contributed by atoms with Crippen LogP contribution >= 0.6 is 23.1 Å². The number of thiazole rings is 1. The van der Waals surface area contributed by atoms with Crippen LogP contribution in [0.15, 0.2) is 39.8 Å². The van der Waals surface area contributed by atoms with Gasteiger partial charge in [0.1, 0.15) is 5.03 Å². The van der Waals surface area contributed by atoms with Crippen molar-refractivity contribution in [2.45, 2.75) is 9.37 Å². The second-order valence-electron chi connectivity index (χ2n) is 4.02. The van der Waals surface area contributed by atoms with Gasteiger partial charge in [-0.05, 0) is 36.0 Å². The lowest BCUT2D eigenvalue weighted by atomic mass is 10.3. The van der Waals surface area contributed by atoms with Crippen molar-refractivity contribution in [3.05, 3.63) is 36.3 Å². The maximum absolute atomic E-state index is 11.4. The Hall–Kier alpha value is -2.19. The molecular weight excluding hydrogens is 308 g/mol. The number of benzene rings is 1. The number of nitrogen functional groups attached to an aromatic ring is 1. The summed E-state index contributed by atoms with van der Waals surface area (Å²) in [5.41, 5.74) is 7.35. The number of ether oxygens (including phenoxy) is 1. The van der Waals surface area contributed by atoms with Crippen LogP contribution in [-0.2, 0) is 4.74 Å². The van der Waals surface area contributed by atoms with Gasteiger partial charge in [-0.2, -0.15) is 0 Å². The van der Waals surface area contributed by atoms with E-state index in [4.69, 9.17) is 5.73 Å². The minimum absolute atomic E-state index is 0.0351. The summed E-state index contributed by atoms with van der Waals surface area (Å²) in [5.74, 6) is -0.526. The first-order valence-electron chi connectivity index (χ1n) is 5.91. The van der Waals surface area contributed by atoms with Crippen molar-refractivity contribution in [2.24, 2.45) is 0 Å². The van der Waals surface area contributed by atoms with Crippen LogP contribution < -0.4 is 5.73 Å². The molecule has 106 valence electrons. The number of methoxy groups -OCH3 is 1. The van der Waals surface area contributed by atoms with Crippen LogP contribution in [0.4, 0.5) is 5.69 Å². The van der Waals surface area contributed by atoms with Crippen molar-refractivity contribution in [2.75, 3.05) is 12.8 Å². The summed E-state index contributed by atoms with van der Waals surface area (Å²) in [4.78, 5) is 23.9. The number of carbonyl (C=O) groups excluding carboxylic acids is 1. The molecule has 0 atom stereocenters. The van der Waals surface area contributed by atoms with Gasteiger partial charge in [-0.15, -0.1) is 11.3 Å². The topological polar surface area (TPSA) is 91.0 Å². The van der Waals surface area contributed by atoms with Gasteiger partial charge < -0.3 is 10.5 Å². The Balaban J connectivity index is 1.89. The van der Waals surface area contributed by atoms with Gasteiger partial charge in [0.2, 0.25) is 5.82 Å². The third kappa shape index (κ3) is 2.96. The lowest BCUT2D eigenvalue weighted by molar-refractivity contribution is 0.0585. The first-order chi connectivity index (χ1) is 10.2. The summed E-state index contributed by atoms with van der Waals surface area (Å²) in [6, 6.07) is 7.30. The highest BCUT2D eigenvalue weighted by Crippen LogP contribution is 2.34. The van der Waals surface area contributed by atoms with E-state index in [1.807, 2.05) is 18.2 Å². The number of aromatic nitrogens is 3. The summed E-state index contributed by atoms with van der Waals surface area (Å²) in [5, 5.41) is 0.637. The van der Waals surface area contributed by atoms with E-state index < -0.39 is 5.97 Å². The van der Waals surface area contributed by atoms with Gasteiger partial charge >= 0.3 is 5.97 Å². The van der Waals surface area contributed by atoms with Crippen LogP contribution in [0.2, 0.25) is 0 Å². The molecule has 0 unspecified atom stereocenters. The number of hydrogen-bond acceptors (Lipinski definition) is 8. The Labute approximate surface area is 128 Å². The zero-order valence-corrected chi connectivity index (χ0v) is 12.6. The summed E-state index contributed by atoms with van der Waals surface area (Å²) >= 11 is 2.89. The van der Waals surface area contributed by atoms with E-state index >= 15 is 0 Å². The zero-order chi connectivity index (χ0) is 14.8. The molecule has 6 nitrogen and oxygen atoms in total. The molecule has 0 aliphatic rings.